The van der Waals surface area contributed by atoms with E-state index in [1.807, 2.05) is 44.2 Å². The lowest BCUT2D eigenvalue weighted by Gasteiger charge is -2.31. The van der Waals surface area contributed by atoms with E-state index in [4.69, 9.17) is 15.3 Å². The summed E-state index contributed by atoms with van der Waals surface area (Å²) >= 11 is 0. The predicted octanol–water partition coefficient (Wildman–Crippen LogP) is 5.40. The summed E-state index contributed by atoms with van der Waals surface area (Å²) in [6, 6.07) is 15.0. The Kier molecular flexibility index (Phi) is 5.18. The lowest BCUT2D eigenvalue weighted by atomic mass is 9.92. The molecule has 0 radical (unpaired) electrons. The summed E-state index contributed by atoms with van der Waals surface area (Å²) in [4.78, 5) is 5.91. The maximum Gasteiger partial charge on any atom is 0.121 e. The number of aromatic nitrogens is 1. The lowest BCUT2D eigenvalue weighted by Crippen LogP contribution is -2.20. The van der Waals surface area contributed by atoms with Crippen LogP contribution in [0.5, 0.6) is 5.75 Å². The highest BCUT2D eigenvalue weighted by Gasteiger charge is 2.29. The van der Waals surface area contributed by atoms with Crippen molar-refractivity contribution in [3.63, 3.8) is 0 Å². The Bertz CT molecular complexity index is 958. The fourth-order valence-electron chi connectivity index (χ4n) is 4.05. The van der Waals surface area contributed by atoms with Gasteiger partial charge in [-0.2, -0.15) is 0 Å². The molecule has 5 heteroatoms. The van der Waals surface area contributed by atoms with Crippen LogP contribution in [0.2, 0.25) is 0 Å². The molecule has 28 heavy (non-hydrogen) atoms. The Hall–Kier alpha value is -2.66. The SMILES string of the molecule is CCOc1ccc2c(N(C)OCC)c(-c3ccc(N)cc3)n(C3CCC3)c2c1. The van der Waals surface area contributed by atoms with E-state index in [0.29, 0.717) is 19.3 Å². The zero-order chi connectivity index (χ0) is 19.7. The molecule has 1 saturated carbocycles. The van der Waals surface area contributed by atoms with Crippen LogP contribution in [-0.4, -0.2) is 24.8 Å². The van der Waals surface area contributed by atoms with Crippen LogP contribution in [0.15, 0.2) is 42.5 Å². The van der Waals surface area contributed by atoms with Gasteiger partial charge in [-0.25, -0.2) is 0 Å². The summed E-state index contributed by atoms with van der Waals surface area (Å²) in [5, 5.41) is 3.09. The molecular weight excluding hydrogens is 350 g/mol. The molecule has 148 valence electrons. The molecule has 0 saturated heterocycles. The molecule has 5 nitrogen and oxygen atoms in total. The van der Waals surface area contributed by atoms with E-state index in [9.17, 15) is 0 Å². The topological polar surface area (TPSA) is 52.6 Å². The molecule has 1 aliphatic carbocycles. The maximum absolute atomic E-state index is 5.96. The quantitative estimate of drug-likeness (QED) is 0.441. The number of rotatable bonds is 7. The molecule has 3 aromatic rings. The molecule has 0 atom stereocenters. The van der Waals surface area contributed by atoms with Gasteiger partial charge < -0.3 is 15.0 Å². The van der Waals surface area contributed by atoms with Gasteiger partial charge in [-0.3, -0.25) is 9.90 Å². The summed E-state index contributed by atoms with van der Waals surface area (Å²) in [5.41, 5.74) is 11.4. The molecule has 0 spiro atoms. The van der Waals surface area contributed by atoms with Gasteiger partial charge in [0, 0.05) is 35.8 Å². The van der Waals surface area contributed by atoms with Crippen molar-refractivity contribution in [2.24, 2.45) is 0 Å². The first-order valence-corrected chi connectivity index (χ1v) is 10.2. The Morgan fingerprint density at radius 1 is 1.07 bits per heavy atom. The van der Waals surface area contributed by atoms with E-state index in [-0.39, 0.29) is 0 Å². The third kappa shape index (κ3) is 3.20. The third-order valence-corrected chi connectivity index (χ3v) is 5.52. The number of ether oxygens (including phenoxy) is 1. The minimum Gasteiger partial charge on any atom is -0.494 e. The van der Waals surface area contributed by atoms with Gasteiger partial charge >= 0.3 is 0 Å². The van der Waals surface area contributed by atoms with E-state index < -0.39 is 0 Å². The maximum atomic E-state index is 5.96. The van der Waals surface area contributed by atoms with Crippen LogP contribution in [0.3, 0.4) is 0 Å². The van der Waals surface area contributed by atoms with Gasteiger partial charge in [-0.1, -0.05) is 12.1 Å². The smallest absolute Gasteiger partial charge is 0.121 e. The summed E-state index contributed by atoms with van der Waals surface area (Å²) in [5.74, 6) is 0.905. The molecule has 0 aliphatic heterocycles. The second-order valence-corrected chi connectivity index (χ2v) is 7.30. The van der Waals surface area contributed by atoms with Crippen LogP contribution >= 0.6 is 0 Å². The van der Waals surface area contributed by atoms with Gasteiger partial charge in [0.15, 0.2) is 0 Å². The first-order valence-electron chi connectivity index (χ1n) is 10.2. The second kappa shape index (κ2) is 7.76. The van der Waals surface area contributed by atoms with Gasteiger partial charge in [-0.05, 0) is 57.4 Å². The van der Waals surface area contributed by atoms with Crippen molar-refractivity contribution in [1.29, 1.82) is 0 Å². The molecule has 1 aromatic heterocycles. The standard InChI is InChI=1S/C23H29N3O2/c1-4-27-19-13-14-20-21(15-19)26(18-7-6-8-18)22(23(20)25(3)28-5-2)16-9-11-17(24)12-10-16/h9-15,18H,4-8,24H2,1-3H3. The average Bonchev–Trinajstić information content (AvgIpc) is 2.96. The van der Waals surface area contributed by atoms with Crippen LogP contribution < -0.4 is 15.5 Å². The first-order chi connectivity index (χ1) is 13.6. The molecule has 1 fully saturated rings. The molecule has 0 bridgehead atoms. The molecule has 0 amide bonds. The van der Waals surface area contributed by atoms with Crippen molar-refractivity contribution in [2.75, 3.05) is 31.1 Å². The minimum absolute atomic E-state index is 0.496. The zero-order valence-corrected chi connectivity index (χ0v) is 16.9. The fourth-order valence-corrected chi connectivity index (χ4v) is 4.05. The van der Waals surface area contributed by atoms with Crippen LogP contribution in [0.1, 0.15) is 39.2 Å². The molecule has 4 rings (SSSR count). The summed E-state index contributed by atoms with van der Waals surface area (Å²) in [7, 11) is 1.99. The van der Waals surface area contributed by atoms with E-state index >= 15 is 0 Å². The monoisotopic (exact) mass is 379 g/mol. The normalized spacial score (nSPS) is 14.2. The number of nitrogens with zero attached hydrogens (tertiary/aromatic N) is 2. The largest absolute Gasteiger partial charge is 0.494 e. The number of anilines is 2. The highest BCUT2D eigenvalue weighted by molar-refractivity contribution is 6.03. The molecule has 2 aromatic carbocycles. The van der Waals surface area contributed by atoms with Gasteiger partial charge in [0.1, 0.15) is 5.75 Å². The number of hydrogen-bond acceptors (Lipinski definition) is 4. The van der Waals surface area contributed by atoms with Crippen molar-refractivity contribution < 1.29 is 9.57 Å². The Morgan fingerprint density at radius 2 is 1.82 bits per heavy atom. The van der Waals surface area contributed by atoms with Crippen molar-refractivity contribution in [3.05, 3.63) is 42.5 Å². The Labute approximate surface area is 166 Å². The van der Waals surface area contributed by atoms with Gasteiger partial charge in [0.2, 0.25) is 0 Å². The third-order valence-electron chi connectivity index (χ3n) is 5.52. The summed E-state index contributed by atoms with van der Waals surface area (Å²) in [6.07, 6.45) is 3.66. The molecule has 2 N–H and O–H groups in total. The zero-order valence-electron chi connectivity index (χ0n) is 16.9. The lowest BCUT2D eigenvalue weighted by molar-refractivity contribution is 0.135. The van der Waals surface area contributed by atoms with E-state index in [0.717, 1.165) is 22.7 Å². The number of fused-ring (bicyclic) bond motifs is 1. The number of nitrogens with two attached hydrogens (primary N) is 1. The minimum atomic E-state index is 0.496. The second-order valence-electron chi connectivity index (χ2n) is 7.30. The predicted molar refractivity (Wildman–Crippen MR) is 116 cm³/mol. The highest BCUT2D eigenvalue weighted by atomic mass is 16.7. The number of hydroxylamine groups is 1. The van der Waals surface area contributed by atoms with Crippen molar-refractivity contribution >= 4 is 22.3 Å². The highest BCUT2D eigenvalue weighted by Crippen LogP contribution is 2.47. The van der Waals surface area contributed by atoms with Crippen molar-refractivity contribution in [2.45, 2.75) is 39.2 Å². The van der Waals surface area contributed by atoms with Crippen molar-refractivity contribution in [1.82, 2.24) is 4.57 Å². The van der Waals surface area contributed by atoms with Gasteiger partial charge in [-0.15, -0.1) is 0 Å². The van der Waals surface area contributed by atoms with Gasteiger partial charge in [0.25, 0.3) is 0 Å². The van der Waals surface area contributed by atoms with Crippen LogP contribution in [0, 0.1) is 0 Å². The summed E-state index contributed by atoms with van der Waals surface area (Å²) < 4.78 is 8.29. The number of hydrogen-bond donors (Lipinski definition) is 1. The molecule has 1 heterocycles. The van der Waals surface area contributed by atoms with Crippen molar-refractivity contribution in [3.8, 4) is 17.0 Å². The van der Waals surface area contributed by atoms with Gasteiger partial charge in [0.05, 0.1) is 30.1 Å². The van der Waals surface area contributed by atoms with Crippen LogP contribution in [0.25, 0.3) is 22.2 Å². The van der Waals surface area contributed by atoms with E-state index in [1.54, 1.807) is 0 Å². The molecule has 0 unspecified atom stereocenters. The molecular formula is C23H29N3O2. The summed E-state index contributed by atoms with van der Waals surface area (Å²) in [6.45, 7) is 5.30. The van der Waals surface area contributed by atoms with E-state index in [2.05, 4.69) is 28.8 Å². The Morgan fingerprint density at radius 3 is 2.43 bits per heavy atom. The number of nitrogen functional groups attached to an aromatic ring is 1. The average molecular weight is 380 g/mol. The molecule has 1 aliphatic rings. The first kappa shape index (κ1) is 18.7. The Balaban J connectivity index is 2.01. The number of benzene rings is 2. The van der Waals surface area contributed by atoms with Crippen LogP contribution in [-0.2, 0) is 4.84 Å². The van der Waals surface area contributed by atoms with Crippen LogP contribution in [0.4, 0.5) is 11.4 Å². The van der Waals surface area contributed by atoms with E-state index in [1.165, 1.54) is 35.9 Å². The fraction of sp³-hybridized carbons (Fsp3) is 0.391.